The van der Waals surface area contributed by atoms with E-state index in [1.54, 1.807) is 27.7 Å². The standard InChI is InChI=1S/C85H158O24P2/c1-9-17-21-25-29-33-37-41-45-49-53-61-80(88)98-67-76(108-84(92)63-55-51-47-43-39-35-31-27-23-19-11-3)71-102-110(94,100-69-74(106-82(90)59-15-7)65-96-78(86)57-13-5)104-73-105-111(95,101-70-75(107-83(91)60-16-8)66-97-79(87)58-14-6)103-72-77(109-85(93)64-56-52-48-44-40-36-32-28-24-20-12-4)68-99-81(89)62-54-50-46-42-38-34-30-26-22-18-10-2/h74-77H,9-73H2,1-8H3/t74?,75?,76-,77-,110?,111?/m1/s1. The first-order valence-corrected chi connectivity index (χ1v) is 47.2. The molecule has 0 aliphatic heterocycles. The molecule has 111 heavy (non-hydrogen) atoms. The van der Waals surface area contributed by atoms with E-state index in [0.717, 1.165) is 116 Å². The average molecular weight is 1630 g/mol. The van der Waals surface area contributed by atoms with Gasteiger partial charge < -0.3 is 37.9 Å². The first kappa shape index (κ1) is 107. The van der Waals surface area contributed by atoms with Crippen LogP contribution in [0.3, 0.4) is 0 Å². The molecule has 0 aromatic carbocycles. The quantitative estimate of drug-likeness (QED) is 0.0180. The lowest BCUT2D eigenvalue weighted by Gasteiger charge is -2.26. The summed E-state index contributed by atoms with van der Waals surface area (Å²) in [6.45, 7) is 9.14. The van der Waals surface area contributed by atoms with Gasteiger partial charge in [-0.2, -0.15) is 0 Å². The van der Waals surface area contributed by atoms with E-state index in [-0.39, 0.29) is 51.4 Å². The predicted molar refractivity (Wildman–Crippen MR) is 433 cm³/mol. The summed E-state index contributed by atoms with van der Waals surface area (Å²) in [4.78, 5) is 105. The molecule has 24 nitrogen and oxygen atoms in total. The van der Waals surface area contributed by atoms with E-state index in [0.29, 0.717) is 51.4 Å². The van der Waals surface area contributed by atoms with Crippen molar-refractivity contribution in [2.24, 2.45) is 0 Å². The lowest BCUT2D eigenvalue weighted by molar-refractivity contribution is -0.163. The number of ether oxygens (including phenoxy) is 8. The zero-order chi connectivity index (χ0) is 81.8. The second-order valence-corrected chi connectivity index (χ2v) is 33.1. The lowest BCUT2D eigenvalue weighted by Crippen LogP contribution is -2.31. The molecule has 26 heteroatoms. The maximum absolute atomic E-state index is 15.3. The third-order valence-electron chi connectivity index (χ3n) is 18.8. The van der Waals surface area contributed by atoms with Gasteiger partial charge in [0.1, 0.15) is 26.4 Å². The Balaban J connectivity index is 7.40. The van der Waals surface area contributed by atoms with Crippen LogP contribution in [0.15, 0.2) is 0 Å². The van der Waals surface area contributed by atoms with E-state index in [9.17, 15) is 38.4 Å². The summed E-state index contributed by atoms with van der Waals surface area (Å²) in [5.74, 6) is -5.07. The van der Waals surface area contributed by atoms with Crippen molar-refractivity contribution in [1.82, 2.24) is 0 Å². The fraction of sp³-hybridized carbons (Fsp3) is 0.906. The summed E-state index contributed by atoms with van der Waals surface area (Å²) >= 11 is 0. The first-order chi connectivity index (χ1) is 53.8. The molecule has 0 N–H and O–H groups in total. The van der Waals surface area contributed by atoms with E-state index in [4.69, 9.17) is 65.0 Å². The first-order valence-electron chi connectivity index (χ1n) is 44.3. The van der Waals surface area contributed by atoms with Gasteiger partial charge in [-0.15, -0.1) is 0 Å². The molecule has 0 aromatic heterocycles. The monoisotopic (exact) mass is 1630 g/mol. The SMILES string of the molecule is CCCCCCCCCCCCCC(=O)OC[C@H](COP(=O)(OCOP(=O)(OCC(COC(=O)CCC)OC(=O)CCC)OC[C@@H](COC(=O)CCCCCCCCCCCCC)OC(=O)CCCCCCCCCCCCC)OCC(COC(=O)CCC)OC(=O)CCC)OC(=O)CCCCCCCCCCCCC. The Kier molecular flexibility index (Phi) is 74.4. The van der Waals surface area contributed by atoms with Crippen molar-refractivity contribution in [2.75, 3.05) is 59.6 Å². The summed E-state index contributed by atoms with van der Waals surface area (Å²) in [5.41, 5.74) is 0. The highest BCUT2D eigenvalue weighted by Gasteiger charge is 2.37. The van der Waals surface area contributed by atoms with E-state index in [1.807, 2.05) is 0 Å². The Bertz CT molecular complexity index is 2220. The fourth-order valence-electron chi connectivity index (χ4n) is 12.1. The Morgan fingerprint density at radius 2 is 0.351 bits per heavy atom. The molecule has 0 radical (unpaired) electrons. The summed E-state index contributed by atoms with van der Waals surface area (Å²) in [6.07, 6.45) is 43.1. The van der Waals surface area contributed by atoms with Gasteiger partial charge in [0.05, 0.1) is 26.4 Å². The van der Waals surface area contributed by atoms with E-state index >= 15 is 9.13 Å². The molecule has 0 saturated carbocycles. The van der Waals surface area contributed by atoms with Gasteiger partial charge in [0.15, 0.2) is 31.2 Å². The van der Waals surface area contributed by atoms with Crippen molar-refractivity contribution >= 4 is 63.4 Å². The Morgan fingerprint density at radius 3 is 0.550 bits per heavy atom. The smallest absolute Gasteiger partial charge is 0.462 e. The van der Waals surface area contributed by atoms with Gasteiger partial charge in [-0.1, -0.05) is 312 Å². The normalized spacial score (nSPS) is 13.6. The third kappa shape index (κ3) is 70.0. The minimum Gasteiger partial charge on any atom is -0.462 e. The van der Waals surface area contributed by atoms with Crippen LogP contribution in [0.5, 0.6) is 0 Å². The van der Waals surface area contributed by atoms with Crippen LogP contribution in [0.4, 0.5) is 0 Å². The number of carbonyl (C=O) groups is 8. The van der Waals surface area contributed by atoms with Gasteiger partial charge in [-0.25, -0.2) is 9.13 Å². The number of carbonyl (C=O) groups excluding carboxylic acids is 8. The van der Waals surface area contributed by atoms with Crippen LogP contribution in [0, 0.1) is 0 Å². The van der Waals surface area contributed by atoms with Gasteiger partial charge in [-0.05, 0) is 51.4 Å². The van der Waals surface area contributed by atoms with Crippen molar-refractivity contribution in [3.8, 4) is 0 Å². The second kappa shape index (κ2) is 77.2. The highest BCUT2D eigenvalue weighted by atomic mass is 31.2. The van der Waals surface area contributed by atoms with Crippen LogP contribution in [0.1, 0.15) is 415 Å². The highest BCUT2D eigenvalue weighted by molar-refractivity contribution is 7.49. The summed E-state index contributed by atoms with van der Waals surface area (Å²) in [5, 5.41) is 0. The minimum atomic E-state index is -5.21. The molecule has 0 aliphatic carbocycles. The molecular weight excluding hydrogens is 1470 g/mol. The molecule has 0 heterocycles. The van der Waals surface area contributed by atoms with Crippen LogP contribution in [0.2, 0.25) is 0 Å². The number of esters is 8. The zero-order valence-electron chi connectivity index (χ0n) is 71.0. The van der Waals surface area contributed by atoms with Crippen LogP contribution < -0.4 is 0 Å². The average Bonchev–Trinajstić information content (AvgIpc) is 0.858. The molecule has 0 saturated heterocycles. The molecule has 652 valence electrons. The Morgan fingerprint density at radius 1 is 0.189 bits per heavy atom. The molecule has 4 unspecified atom stereocenters. The number of phosphoric acid groups is 2. The third-order valence-corrected chi connectivity index (χ3v) is 21.5. The molecule has 0 aromatic rings. The minimum absolute atomic E-state index is 0.0106. The number of unbranched alkanes of at least 4 members (excludes halogenated alkanes) is 40. The Labute approximate surface area is 671 Å². The molecular formula is C85H158O24P2. The molecule has 0 rings (SSSR count). The largest absolute Gasteiger partial charge is 0.477 e. The lowest BCUT2D eigenvalue weighted by atomic mass is 10.1. The highest BCUT2D eigenvalue weighted by Crippen LogP contribution is 2.54. The molecule has 0 spiro atoms. The van der Waals surface area contributed by atoms with Crippen LogP contribution >= 0.6 is 15.6 Å². The van der Waals surface area contributed by atoms with Crippen molar-refractivity contribution in [3.63, 3.8) is 0 Å². The molecule has 6 atom stereocenters. The number of hydrogen-bond donors (Lipinski definition) is 0. The summed E-state index contributed by atoms with van der Waals surface area (Å²) in [6, 6.07) is 0. The van der Waals surface area contributed by atoms with Gasteiger partial charge in [0.25, 0.3) is 0 Å². The molecule has 0 aliphatic rings. The van der Waals surface area contributed by atoms with E-state index in [2.05, 4.69) is 27.7 Å². The maximum atomic E-state index is 15.3. The maximum Gasteiger partial charge on any atom is 0.477 e. The van der Waals surface area contributed by atoms with Gasteiger partial charge >= 0.3 is 63.4 Å². The zero-order valence-corrected chi connectivity index (χ0v) is 72.8. The van der Waals surface area contributed by atoms with E-state index in [1.165, 1.54) is 141 Å². The molecule has 0 fully saturated rings. The van der Waals surface area contributed by atoms with Gasteiger partial charge in [-0.3, -0.25) is 65.5 Å². The molecule has 0 amide bonds. The van der Waals surface area contributed by atoms with Crippen molar-refractivity contribution in [2.45, 2.75) is 439 Å². The number of rotatable bonds is 84. The second-order valence-electron chi connectivity index (χ2n) is 29.8. The Hall–Kier alpha value is -4.02. The summed E-state index contributed by atoms with van der Waals surface area (Å²) in [7, 11) is -10.4. The van der Waals surface area contributed by atoms with Gasteiger partial charge in [0, 0.05) is 51.4 Å². The topological polar surface area (TPSA) is 300 Å². The van der Waals surface area contributed by atoms with Crippen molar-refractivity contribution < 1.29 is 113 Å². The van der Waals surface area contributed by atoms with E-state index < -0.39 is 147 Å². The van der Waals surface area contributed by atoms with Gasteiger partial charge in [0.2, 0.25) is 0 Å². The van der Waals surface area contributed by atoms with Crippen molar-refractivity contribution in [3.05, 3.63) is 0 Å². The number of phosphoric ester groups is 2. The fourth-order valence-corrected chi connectivity index (χ4v) is 14.4. The number of hydrogen-bond acceptors (Lipinski definition) is 24. The van der Waals surface area contributed by atoms with Crippen molar-refractivity contribution in [1.29, 1.82) is 0 Å². The molecule has 0 bridgehead atoms. The van der Waals surface area contributed by atoms with Crippen LogP contribution in [0.25, 0.3) is 0 Å². The van der Waals surface area contributed by atoms with Crippen LogP contribution in [-0.2, 0) is 113 Å². The van der Waals surface area contributed by atoms with Crippen LogP contribution in [-0.4, -0.2) is 132 Å². The predicted octanol–water partition coefficient (Wildman–Crippen LogP) is 23.1. The summed E-state index contributed by atoms with van der Waals surface area (Å²) < 4.78 is 111.